The van der Waals surface area contributed by atoms with Crippen LogP contribution in [0.2, 0.25) is 0 Å². The van der Waals surface area contributed by atoms with Gasteiger partial charge in [0.2, 0.25) is 5.75 Å². The second-order valence-electron chi connectivity index (χ2n) is 6.11. The van der Waals surface area contributed by atoms with Crippen LogP contribution in [-0.4, -0.2) is 39.8 Å². The minimum Gasteiger partial charge on any atom is -0.493 e. The Morgan fingerprint density at radius 2 is 1.64 bits per heavy atom. The summed E-state index contributed by atoms with van der Waals surface area (Å²) in [5.74, 6) is 0.675. The molecule has 0 spiro atoms. The Balaban J connectivity index is 1.86. The third kappa shape index (κ3) is 5.90. The van der Waals surface area contributed by atoms with Crippen LogP contribution in [0.4, 0.5) is 5.69 Å². The van der Waals surface area contributed by atoms with Gasteiger partial charge >= 0.3 is 5.97 Å². The molecule has 0 fully saturated rings. The molecule has 2 aromatic rings. The Labute approximate surface area is 164 Å². The predicted octanol–water partition coefficient (Wildman–Crippen LogP) is 3.14. The zero-order chi connectivity index (χ0) is 20.5. The molecule has 0 atom stereocenters. The standard InChI is InChI=1S/C21H25NO6/c1-14-6-5-7-16(10-14)22-19(23)13-28-20(24)9-8-15-11-17(25-2)21(27-4)18(12-15)26-3/h5-7,10-12H,8-9,13H2,1-4H3,(H,22,23). The first-order chi connectivity index (χ1) is 13.5. The van der Waals surface area contributed by atoms with Crippen molar-refractivity contribution in [2.45, 2.75) is 19.8 Å². The highest BCUT2D eigenvalue weighted by atomic mass is 16.5. The largest absolute Gasteiger partial charge is 0.493 e. The van der Waals surface area contributed by atoms with Crippen LogP contribution in [0.25, 0.3) is 0 Å². The van der Waals surface area contributed by atoms with E-state index in [2.05, 4.69) is 5.32 Å². The van der Waals surface area contributed by atoms with E-state index in [0.29, 0.717) is 29.4 Å². The average Bonchev–Trinajstić information content (AvgIpc) is 2.69. The Morgan fingerprint density at radius 3 is 2.21 bits per heavy atom. The molecule has 7 heteroatoms. The molecule has 2 rings (SSSR count). The topological polar surface area (TPSA) is 83.1 Å². The van der Waals surface area contributed by atoms with E-state index in [4.69, 9.17) is 18.9 Å². The number of hydrogen-bond acceptors (Lipinski definition) is 6. The molecule has 1 amide bonds. The van der Waals surface area contributed by atoms with E-state index in [9.17, 15) is 9.59 Å². The predicted molar refractivity (Wildman–Crippen MR) is 105 cm³/mol. The minimum absolute atomic E-state index is 0.121. The third-order valence-electron chi connectivity index (χ3n) is 4.01. The number of rotatable bonds is 9. The second-order valence-corrected chi connectivity index (χ2v) is 6.11. The van der Waals surface area contributed by atoms with Gasteiger partial charge in [0.1, 0.15) is 0 Å². The summed E-state index contributed by atoms with van der Waals surface area (Å²) >= 11 is 0. The summed E-state index contributed by atoms with van der Waals surface area (Å²) in [5.41, 5.74) is 2.52. The minimum atomic E-state index is -0.465. The molecule has 0 unspecified atom stereocenters. The Bertz CT molecular complexity index is 808. The van der Waals surface area contributed by atoms with Gasteiger partial charge in [-0.15, -0.1) is 0 Å². The van der Waals surface area contributed by atoms with Crippen LogP contribution in [0, 0.1) is 6.92 Å². The molecule has 0 aliphatic heterocycles. The van der Waals surface area contributed by atoms with Crippen molar-refractivity contribution in [2.75, 3.05) is 33.3 Å². The molecule has 28 heavy (non-hydrogen) atoms. The number of carbonyl (C=O) groups is 2. The van der Waals surface area contributed by atoms with Crippen LogP contribution in [0.1, 0.15) is 17.5 Å². The maximum atomic E-state index is 12.0. The zero-order valence-electron chi connectivity index (χ0n) is 16.5. The smallest absolute Gasteiger partial charge is 0.306 e. The first-order valence-electron chi connectivity index (χ1n) is 8.77. The van der Waals surface area contributed by atoms with Crippen molar-refractivity contribution in [3.05, 3.63) is 47.5 Å². The quantitative estimate of drug-likeness (QED) is 0.666. The summed E-state index contributed by atoms with van der Waals surface area (Å²) in [4.78, 5) is 23.9. The van der Waals surface area contributed by atoms with E-state index in [1.165, 1.54) is 21.3 Å². The summed E-state index contributed by atoms with van der Waals surface area (Å²) in [5, 5.41) is 2.69. The fourth-order valence-corrected chi connectivity index (χ4v) is 2.66. The molecular weight excluding hydrogens is 362 g/mol. The molecule has 150 valence electrons. The molecule has 0 bridgehead atoms. The monoisotopic (exact) mass is 387 g/mol. The van der Waals surface area contributed by atoms with Crippen LogP contribution in [0.3, 0.4) is 0 Å². The van der Waals surface area contributed by atoms with Gasteiger partial charge in [0, 0.05) is 12.1 Å². The number of esters is 1. The number of methoxy groups -OCH3 is 3. The molecular formula is C21H25NO6. The third-order valence-corrected chi connectivity index (χ3v) is 4.01. The second kappa shape index (κ2) is 10.2. The summed E-state index contributed by atoms with van der Waals surface area (Å²) in [6.45, 7) is 1.60. The Hall–Kier alpha value is -3.22. The van der Waals surface area contributed by atoms with Crippen molar-refractivity contribution in [2.24, 2.45) is 0 Å². The fraction of sp³-hybridized carbons (Fsp3) is 0.333. The highest BCUT2D eigenvalue weighted by molar-refractivity contribution is 5.92. The van der Waals surface area contributed by atoms with E-state index in [1.54, 1.807) is 18.2 Å². The van der Waals surface area contributed by atoms with Gasteiger partial charge in [-0.05, 0) is 48.7 Å². The van der Waals surface area contributed by atoms with Gasteiger partial charge in [0.05, 0.1) is 21.3 Å². The number of amides is 1. The molecule has 0 aliphatic rings. The first-order valence-corrected chi connectivity index (χ1v) is 8.77. The van der Waals surface area contributed by atoms with Crippen molar-refractivity contribution in [3.8, 4) is 17.2 Å². The molecule has 7 nitrogen and oxygen atoms in total. The van der Waals surface area contributed by atoms with Crippen molar-refractivity contribution < 1.29 is 28.5 Å². The van der Waals surface area contributed by atoms with E-state index in [1.807, 2.05) is 25.1 Å². The SMILES string of the molecule is COc1cc(CCC(=O)OCC(=O)Nc2cccc(C)c2)cc(OC)c1OC. The number of anilines is 1. The molecule has 0 heterocycles. The normalized spacial score (nSPS) is 10.1. The van der Waals surface area contributed by atoms with Crippen LogP contribution in [-0.2, 0) is 20.7 Å². The van der Waals surface area contributed by atoms with Crippen LogP contribution in [0.15, 0.2) is 36.4 Å². The summed E-state index contributed by atoms with van der Waals surface area (Å²) < 4.78 is 20.9. The van der Waals surface area contributed by atoms with E-state index < -0.39 is 5.97 Å². The van der Waals surface area contributed by atoms with Gasteiger partial charge in [-0.2, -0.15) is 0 Å². The van der Waals surface area contributed by atoms with Gasteiger partial charge in [-0.3, -0.25) is 9.59 Å². The summed E-state index contributed by atoms with van der Waals surface area (Å²) in [7, 11) is 4.59. The summed E-state index contributed by atoms with van der Waals surface area (Å²) in [6.07, 6.45) is 0.533. The number of aryl methyl sites for hydroxylation is 2. The fourth-order valence-electron chi connectivity index (χ4n) is 2.66. The lowest BCUT2D eigenvalue weighted by atomic mass is 10.1. The summed E-state index contributed by atoms with van der Waals surface area (Å²) in [6, 6.07) is 10.9. The van der Waals surface area contributed by atoms with Gasteiger partial charge in [-0.1, -0.05) is 12.1 Å². The number of carbonyl (C=O) groups excluding carboxylic acids is 2. The van der Waals surface area contributed by atoms with E-state index >= 15 is 0 Å². The van der Waals surface area contributed by atoms with Crippen molar-refractivity contribution in [1.29, 1.82) is 0 Å². The molecule has 2 aromatic carbocycles. The molecule has 0 aliphatic carbocycles. The van der Waals surface area contributed by atoms with Crippen LogP contribution >= 0.6 is 0 Å². The molecule has 0 aromatic heterocycles. The first kappa shape index (κ1) is 21.1. The van der Waals surface area contributed by atoms with Crippen LogP contribution in [0.5, 0.6) is 17.2 Å². The van der Waals surface area contributed by atoms with Gasteiger partial charge in [0.15, 0.2) is 18.1 Å². The van der Waals surface area contributed by atoms with E-state index in [0.717, 1.165) is 11.1 Å². The average molecular weight is 387 g/mol. The van der Waals surface area contributed by atoms with Crippen LogP contribution < -0.4 is 19.5 Å². The number of benzene rings is 2. The number of nitrogens with one attached hydrogen (secondary N) is 1. The van der Waals surface area contributed by atoms with Gasteiger partial charge < -0.3 is 24.3 Å². The Kier molecular flexibility index (Phi) is 7.68. The lowest BCUT2D eigenvalue weighted by molar-refractivity contribution is -0.147. The van der Waals surface area contributed by atoms with Crippen molar-refractivity contribution in [1.82, 2.24) is 0 Å². The highest BCUT2D eigenvalue weighted by Gasteiger charge is 2.14. The number of hydrogen-bond donors (Lipinski definition) is 1. The lowest BCUT2D eigenvalue weighted by Crippen LogP contribution is -2.21. The van der Waals surface area contributed by atoms with E-state index in [-0.39, 0.29) is 18.9 Å². The maximum absolute atomic E-state index is 12.0. The lowest BCUT2D eigenvalue weighted by Gasteiger charge is -2.14. The molecule has 0 saturated carbocycles. The zero-order valence-corrected chi connectivity index (χ0v) is 16.5. The molecule has 1 N–H and O–H groups in total. The van der Waals surface area contributed by atoms with Gasteiger partial charge in [0.25, 0.3) is 5.91 Å². The van der Waals surface area contributed by atoms with Crippen molar-refractivity contribution >= 4 is 17.6 Å². The molecule has 0 saturated heterocycles. The number of ether oxygens (including phenoxy) is 4. The maximum Gasteiger partial charge on any atom is 0.306 e. The van der Waals surface area contributed by atoms with Gasteiger partial charge in [-0.25, -0.2) is 0 Å². The van der Waals surface area contributed by atoms with Crippen molar-refractivity contribution in [3.63, 3.8) is 0 Å². The highest BCUT2D eigenvalue weighted by Crippen LogP contribution is 2.38. The molecule has 0 radical (unpaired) electrons. The Morgan fingerprint density at radius 1 is 0.964 bits per heavy atom.